The predicted molar refractivity (Wildman–Crippen MR) is 104 cm³/mol. The first-order valence-corrected chi connectivity index (χ1v) is 9.65. The Labute approximate surface area is 153 Å². The van der Waals surface area contributed by atoms with Gasteiger partial charge in [0.15, 0.2) is 5.96 Å². The number of nitrogens with one attached hydrogen (secondary N) is 2. The summed E-state index contributed by atoms with van der Waals surface area (Å²) in [5.41, 5.74) is 2.50. The largest absolute Gasteiger partial charge is 0.488 e. The minimum Gasteiger partial charge on any atom is -0.488 e. The molecule has 5 nitrogen and oxygen atoms in total. The molecule has 0 aliphatic carbocycles. The Kier molecular flexibility index (Phi) is 5.91. The van der Waals surface area contributed by atoms with E-state index in [0.717, 1.165) is 44.1 Å². The monoisotopic (exact) mass is 358 g/mol. The van der Waals surface area contributed by atoms with Crippen molar-refractivity contribution in [3.63, 3.8) is 0 Å². The van der Waals surface area contributed by atoms with E-state index < -0.39 is 0 Å². The van der Waals surface area contributed by atoms with Crippen molar-refractivity contribution < 1.29 is 4.74 Å². The Balaban J connectivity index is 1.41. The molecular weight excluding hydrogens is 332 g/mol. The summed E-state index contributed by atoms with van der Waals surface area (Å²) in [6.07, 6.45) is 3.02. The van der Waals surface area contributed by atoms with Crippen molar-refractivity contribution in [3.05, 3.63) is 45.4 Å². The van der Waals surface area contributed by atoms with E-state index in [0.29, 0.717) is 0 Å². The third-order valence-corrected chi connectivity index (χ3v) is 5.41. The lowest BCUT2D eigenvalue weighted by atomic mass is 10.1. The van der Waals surface area contributed by atoms with E-state index in [1.54, 1.807) is 18.4 Å². The van der Waals surface area contributed by atoms with Gasteiger partial charge in [0, 0.05) is 31.3 Å². The molecule has 2 heterocycles. The average Bonchev–Trinajstić information content (AvgIpc) is 3.20. The molecule has 1 aliphatic rings. The first kappa shape index (κ1) is 17.7. The molecule has 1 unspecified atom stereocenters. The Bertz CT molecular complexity index is 716. The maximum absolute atomic E-state index is 5.95. The lowest BCUT2D eigenvalue weighted by Crippen LogP contribution is -2.42. The second-order valence-corrected chi connectivity index (χ2v) is 7.43. The fourth-order valence-electron chi connectivity index (χ4n) is 3.01. The summed E-state index contributed by atoms with van der Waals surface area (Å²) in [5, 5.41) is 7.90. The lowest BCUT2D eigenvalue weighted by Gasteiger charge is -2.15. The first-order valence-electron chi connectivity index (χ1n) is 8.83. The van der Waals surface area contributed by atoms with Gasteiger partial charge in [-0.05, 0) is 25.0 Å². The molecule has 25 heavy (non-hydrogen) atoms. The maximum atomic E-state index is 5.95. The Morgan fingerprint density at radius 1 is 1.36 bits per heavy atom. The molecule has 1 aliphatic heterocycles. The van der Waals surface area contributed by atoms with Crippen molar-refractivity contribution in [1.82, 2.24) is 15.6 Å². The van der Waals surface area contributed by atoms with Gasteiger partial charge in [-0.2, -0.15) is 0 Å². The third-order valence-electron chi connectivity index (χ3n) is 4.34. The van der Waals surface area contributed by atoms with Crippen LogP contribution in [0.15, 0.2) is 29.3 Å². The Morgan fingerprint density at radius 2 is 2.20 bits per heavy atom. The van der Waals surface area contributed by atoms with Gasteiger partial charge >= 0.3 is 0 Å². The minimum atomic E-state index is 0.157. The van der Waals surface area contributed by atoms with Crippen molar-refractivity contribution in [3.8, 4) is 5.75 Å². The summed E-state index contributed by atoms with van der Waals surface area (Å²) < 4.78 is 5.95. The van der Waals surface area contributed by atoms with E-state index in [1.807, 2.05) is 12.1 Å². The summed E-state index contributed by atoms with van der Waals surface area (Å²) in [6, 6.07) is 8.23. The summed E-state index contributed by atoms with van der Waals surface area (Å²) >= 11 is 1.79. The predicted octanol–water partition coefficient (Wildman–Crippen LogP) is 2.73. The molecule has 1 aromatic heterocycles. The van der Waals surface area contributed by atoms with Gasteiger partial charge in [0.25, 0.3) is 0 Å². The fraction of sp³-hybridized carbons (Fsp3) is 0.474. The molecule has 3 rings (SSSR count). The SMILES string of the molecule is CCc1nc(CCNC(=NC)NCC2Cc3ccccc3O2)sc1C. The number of nitrogens with zero attached hydrogens (tertiary/aromatic N) is 2. The number of aromatic nitrogens is 1. The molecular formula is C19H26N4OS. The summed E-state index contributed by atoms with van der Waals surface area (Å²) in [7, 11) is 1.79. The standard InChI is InChI=1S/C19H26N4OS/c1-4-16-13(2)25-18(23-16)9-10-21-19(20-3)22-12-15-11-14-7-5-6-8-17(14)24-15/h5-8,15H,4,9-12H2,1-3H3,(H2,20,21,22). The Morgan fingerprint density at radius 3 is 2.92 bits per heavy atom. The van der Waals surface area contributed by atoms with Gasteiger partial charge in [0.05, 0.1) is 17.2 Å². The molecule has 0 saturated carbocycles. The van der Waals surface area contributed by atoms with Crippen molar-refractivity contribution >= 4 is 17.3 Å². The topological polar surface area (TPSA) is 58.5 Å². The number of aryl methyl sites for hydroxylation is 2. The molecule has 0 bridgehead atoms. The van der Waals surface area contributed by atoms with Gasteiger partial charge in [-0.25, -0.2) is 4.98 Å². The van der Waals surface area contributed by atoms with Crippen LogP contribution in [-0.2, 0) is 19.3 Å². The van der Waals surface area contributed by atoms with E-state index in [4.69, 9.17) is 4.74 Å². The van der Waals surface area contributed by atoms with Gasteiger partial charge in [0.1, 0.15) is 11.9 Å². The highest BCUT2D eigenvalue weighted by Gasteiger charge is 2.22. The molecule has 0 fully saturated rings. The number of aliphatic imine (C=N–C) groups is 1. The second kappa shape index (κ2) is 8.34. The normalized spacial score (nSPS) is 16.4. The van der Waals surface area contributed by atoms with E-state index in [-0.39, 0.29) is 6.10 Å². The first-order chi connectivity index (χ1) is 12.2. The molecule has 0 spiro atoms. The summed E-state index contributed by atoms with van der Waals surface area (Å²) in [4.78, 5) is 10.3. The van der Waals surface area contributed by atoms with E-state index in [2.05, 4.69) is 46.6 Å². The summed E-state index contributed by atoms with van der Waals surface area (Å²) in [5.74, 6) is 1.81. The number of para-hydroxylation sites is 1. The maximum Gasteiger partial charge on any atom is 0.191 e. The van der Waals surface area contributed by atoms with Crippen LogP contribution < -0.4 is 15.4 Å². The van der Waals surface area contributed by atoms with Crippen LogP contribution in [0.2, 0.25) is 0 Å². The van der Waals surface area contributed by atoms with Gasteiger partial charge < -0.3 is 15.4 Å². The zero-order valence-corrected chi connectivity index (χ0v) is 15.9. The zero-order valence-electron chi connectivity index (χ0n) is 15.1. The smallest absolute Gasteiger partial charge is 0.191 e. The van der Waals surface area contributed by atoms with Crippen molar-refractivity contribution in [2.45, 2.75) is 39.2 Å². The van der Waals surface area contributed by atoms with Gasteiger partial charge in [0.2, 0.25) is 0 Å². The number of rotatable bonds is 6. The van der Waals surface area contributed by atoms with E-state index in [9.17, 15) is 0 Å². The number of ether oxygens (including phenoxy) is 1. The molecule has 2 N–H and O–H groups in total. The van der Waals surface area contributed by atoms with Crippen LogP contribution >= 0.6 is 11.3 Å². The van der Waals surface area contributed by atoms with E-state index >= 15 is 0 Å². The highest BCUT2D eigenvalue weighted by Crippen LogP contribution is 2.27. The third kappa shape index (κ3) is 4.51. The van der Waals surface area contributed by atoms with Crippen LogP contribution in [0.25, 0.3) is 0 Å². The van der Waals surface area contributed by atoms with Gasteiger partial charge in [-0.1, -0.05) is 25.1 Å². The number of benzene rings is 1. The minimum absolute atomic E-state index is 0.157. The molecule has 1 aromatic carbocycles. The molecule has 0 saturated heterocycles. The van der Waals surface area contributed by atoms with Gasteiger partial charge in [-0.15, -0.1) is 11.3 Å². The molecule has 1 atom stereocenters. The van der Waals surface area contributed by atoms with Crippen LogP contribution in [-0.4, -0.2) is 37.2 Å². The molecule has 0 radical (unpaired) electrons. The van der Waals surface area contributed by atoms with E-state index in [1.165, 1.54) is 21.1 Å². The van der Waals surface area contributed by atoms with Crippen LogP contribution in [0.4, 0.5) is 0 Å². The number of guanidine groups is 1. The highest BCUT2D eigenvalue weighted by molar-refractivity contribution is 7.11. The molecule has 6 heteroatoms. The zero-order chi connectivity index (χ0) is 17.6. The second-order valence-electron chi connectivity index (χ2n) is 6.15. The number of hydrogen-bond acceptors (Lipinski definition) is 4. The van der Waals surface area contributed by atoms with Crippen molar-refractivity contribution in [2.75, 3.05) is 20.1 Å². The number of fused-ring (bicyclic) bond motifs is 1. The molecule has 2 aromatic rings. The van der Waals surface area contributed by atoms with Crippen LogP contribution in [0, 0.1) is 6.92 Å². The Hall–Kier alpha value is -2.08. The van der Waals surface area contributed by atoms with Crippen LogP contribution in [0.5, 0.6) is 5.75 Å². The quantitative estimate of drug-likeness (QED) is 0.616. The highest BCUT2D eigenvalue weighted by atomic mass is 32.1. The number of thiazole rings is 1. The van der Waals surface area contributed by atoms with Crippen LogP contribution in [0.1, 0.15) is 28.1 Å². The molecule has 134 valence electrons. The fourth-order valence-corrected chi connectivity index (χ4v) is 4.03. The lowest BCUT2D eigenvalue weighted by molar-refractivity contribution is 0.235. The van der Waals surface area contributed by atoms with Crippen LogP contribution in [0.3, 0.4) is 0 Å². The van der Waals surface area contributed by atoms with Crippen molar-refractivity contribution in [2.24, 2.45) is 4.99 Å². The number of hydrogen-bond donors (Lipinski definition) is 2. The van der Waals surface area contributed by atoms with Crippen molar-refractivity contribution in [1.29, 1.82) is 0 Å². The summed E-state index contributed by atoms with van der Waals surface area (Å²) in [6.45, 7) is 5.86. The van der Waals surface area contributed by atoms with Gasteiger partial charge in [-0.3, -0.25) is 4.99 Å². The average molecular weight is 359 g/mol. The molecule has 0 amide bonds.